The molecule has 0 aliphatic carbocycles. The summed E-state index contributed by atoms with van der Waals surface area (Å²) < 4.78 is 5.75. The zero-order chi connectivity index (χ0) is 20.7. The van der Waals surface area contributed by atoms with Crippen molar-refractivity contribution in [2.45, 2.75) is 13.0 Å². The number of nitrogens with one attached hydrogen (secondary N) is 2. The number of rotatable bonds is 3. The molecule has 1 aromatic heterocycles. The number of fused-ring (bicyclic) bond motifs is 2. The molecule has 3 aromatic rings. The van der Waals surface area contributed by atoms with E-state index in [0.717, 1.165) is 25.2 Å². The van der Waals surface area contributed by atoms with Gasteiger partial charge in [-0.15, -0.1) is 0 Å². The van der Waals surface area contributed by atoms with Crippen molar-refractivity contribution in [3.05, 3.63) is 69.3 Å². The molecule has 5 rings (SSSR count). The van der Waals surface area contributed by atoms with E-state index < -0.39 is 0 Å². The fourth-order valence-electron chi connectivity index (χ4n) is 3.70. The fourth-order valence-corrected chi connectivity index (χ4v) is 4.30. The first-order valence-electron chi connectivity index (χ1n) is 9.46. The molecular formula is C21H17Cl2N5O2. The second-order valence-corrected chi connectivity index (χ2v) is 7.80. The Kier molecular flexibility index (Phi) is 4.94. The van der Waals surface area contributed by atoms with Gasteiger partial charge in [0.1, 0.15) is 5.56 Å². The lowest BCUT2D eigenvalue weighted by Gasteiger charge is -2.29. The van der Waals surface area contributed by atoms with E-state index in [2.05, 4.69) is 26.7 Å². The molecule has 0 radical (unpaired) electrons. The molecule has 0 atom stereocenters. The van der Waals surface area contributed by atoms with Crippen LogP contribution in [0.15, 0.2) is 42.6 Å². The van der Waals surface area contributed by atoms with Crippen LogP contribution in [0.25, 0.3) is 0 Å². The number of amides is 1. The highest BCUT2D eigenvalue weighted by Gasteiger charge is 2.31. The molecule has 0 unspecified atom stereocenters. The summed E-state index contributed by atoms with van der Waals surface area (Å²) in [6.45, 7) is 1.72. The number of hydrogen-bond acceptors (Lipinski definition) is 6. The van der Waals surface area contributed by atoms with Crippen molar-refractivity contribution in [2.24, 2.45) is 0 Å². The summed E-state index contributed by atoms with van der Waals surface area (Å²) in [5, 5.41) is 7.36. The minimum Gasteiger partial charge on any atom is -0.455 e. The van der Waals surface area contributed by atoms with Gasteiger partial charge in [-0.25, -0.2) is 4.98 Å². The smallest absolute Gasteiger partial charge is 0.268 e. The second kappa shape index (κ2) is 7.75. The van der Waals surface area contributed by atoms with E-state index in [-0.39, 0.29) is 24.1 Å². The first kappa shape index (κ1) is 19.1. The zero-order valence-electron chi connectivity index (χ0n) is 15.8. The van der Waals surface area contributed by atoms with Crippen LogP contribution in [-0.4, -0.2) is 29.2 Å². The Morgan fingerprint density at radius 2 is 1.93 bits per heavy atom. The molecule has 2 N–H and O–H groups in total. The summed E-state index contributed by atoms with van der Waals surface area (Å²) in [6, 6.07) is 11.2. The number of ether oxygens (including phenoxy) is 1. The van der Waals surface area contributed by atoms with Crippen LogP contribution in [0.4, 0.5) is 17.3 Å². The van der Waals surface area contributed by atoms with Gasteiger partial charge in [0.2, 0.25) is 11.8 Å². The SMILES string of the molecule is O=C1c2cnc(Nc3cccc4c3CCNC4)nc2OCN1c1c(Cl)cccc1Cl. The topological polar surface area (TPSA) is 79.4 Å². The number of anilines is 3. The van der Waals surface area contributed by atoms with Crippen LogP contribution in [0.1, 0.15) is 21.5 Å². The average molecular weight is 442 g/mol. The molecule has 0 saturated carbocycles. The van der Waals surface area contributed by atoms with Crippen LogP contribution in [0, 0.1) is 0 Å². The molecule has 0 saturated heterocycles. The minimum atomic E-state index is -0.319. The minimum absolute atomic E-state index is 0.0435. The zero-order valence-corrected chi connectivity index (χ0v) is 17.3. The maximum absolute atomic E-state index is 13.0. The maximum Gasteiger partial charge on any atom is 0.268 e. The number of carbonyl (C=O) groups is 1. The van der Waals surface area contributed by atoms with Crippen molar-refractivity contribution in [2.75, 3.05) is 23.5 Å². The molecule has 2 aromatic carbocycles. The van der Waals surface area contributed by atoms with E-state index in [4.69, 9.17) is 27.9 Å². The molecule has 2 aliphatic rings. The highest BCUT2D eigenvalue weighted by atomic mass is 35.5. The molecule has 30 heavy (non-hydrogen) atoms. The van der Waals surface area contributed by atoms with Crippen LogP contribution >= 0.6 is 23.2 Å². The number of halogens is 2. The summed E-state index contributed by atoms with van der Waals surface area (Å²) in [6.07, 6.45) is 2.38. The molecule has 0 fully saturated rings. The third-order valence-corrected chi connectivity index (χ3v) is 5.76. The Hall–Kier alpha value is -2.87. The van der Waals surface area contributed by atoms with Crippen LogP contribution in [0.5, 0.6) is 5.88 Å². The van der Waals surface area contributed by atoms with Gasteiger partial charge in [-0.2, -0.15) is 4.98 Å². The summed E-state index contributed by atoms with van der Waals surface area (Å²) in [7, 11) is 0. The number of carbonyl (C=O) groups excluding carboxylic acids is 1. The Morgan fingerprint density at radius 3 is 2.77 bits per heavy atom. The first-order valence-corrected chi connectivity index (χ1v) is 10.2. The van der Waals surface area contributed by atoms with E-state index in [1.54, 1.807) is 18.2 Å². The van der Waals surface area contributed by atoms with E-state index in [9.17, 15) is 4.79 Å². The predicted molar refractivity (Wildman–Crippen MR) is 116 cm³/mol. The lowest BCUT2D eigenvalue weighted by atomic mass is 9.99. The van der Waals surface area contributed by atoms with E-state index in [1.165, 1.54) is 22.2 Å². The van der Waals surface area contributed by atoms with Gasteiger partial charge in [-0.3, -0.25) is 9.69 Å². The molecule has 152 valence electrons. The first-order chi connectivity index (χ1) is 14.6. The molecular weight excluding hydrogens is 425 g/mol. The van der Waals surface area contributed by atoms with Crippen molar-refractivity contribution in [1.29, 1.82) is 0 Å². The molecule has 1 amide bonds. The highest BCUT2D eigenvalue weighted by Crippen LogP contribution is 2.37. The van der Waals surface area contributed by atoms with Crippen molar-refractivity contribution in [3.63, 3.8) is 0 Å². The normalized spacial score (nSPS) is 15.3. The van der Waals surface area contributed by atoms with Gasteiger partial charge >= 0.3 is 0 Å². The van der Waals surface area contributed by atoms with Gasteiger partial charge in [0.25, 0.3) is 5.91 Å². The van der Waals surface area contributed by atoms with Gasteiger partial charge in [-0.1, -0.05) is 41.4 Å². The Bertz CT molecular complexity index is 1130. The van der Waals surface area contributed by atoms with Gasteiger partial charge < -0.3 is 15.4 Å². The fraction of sp³-hybridized carbons (Fsp3) is 0.190. The van der Waals surface area contributed by atoms with E-state index in [1.807, 2.05) is 12.1 Å². The molecule has 0 spiro atoms. The largest absolute Gasteiger partial charge is 0.455 e. The molecule has 3 heterocycles. The molecule has 7 nitrogen and oxygen atoms in total. The molecule has 9 heteroatoms. The lowest BCUT2D eigenvalue weighted by Crippen LogP contribution is -2.39. The monoisotopic (exact) mass is 441 g/mol. The molecule has 2 aliphatic heterocycles. The quantitative estimate of drug-likeness (QED) is 0.634. The van der Waals surface area contributed by atoms with Gasteiger partial charge in [0, 0.05) is 18.4 Å². The van der Waals surface area contributed by atoms with Gasteiger partial charge in [0.05, 0.1) is 15.7 Å². The lowest BCUT2D eigenvalue weighted by molar-refractivity contribution is 0.0932. The van der Waals surface area contributed by atoms with Gasteiger partial charge in [0.15, 0.2) is 6.73 Å². The standard InChI is InChI=1S/C21H17Cl2N5O2/c22-15-4-2-5-16(23)18(15)28-11-30-19-14(20(28)29)10-25-21(27-19)26-17-6-1-3-12-9-24-8-7-13(12)17/h1-6,10,24H,7-9,11H2,(H,25,26,27). The van der Waals surface area contributed by atoms with Crippen LogP contribution < -0.4 is 20.3 Å². The molecule has 0 bridgehead atoms. The van der Waals surface area contributed by atoms with Crippen molar-refractivity contribution >= 4 is 46.4 Å². The number of benzene rings is 2. The van der Waals surface area contributed by atoms with Crippen LogP contribution in [0.2, 0.25) is 10.0 Å². The maximum atomic E-state index is 13.0. The Labute approximate surface area is 183 Å². The van der Waals surface area contributed by atoms with Crippen LogP contribution in [-0.2, 0) is 13.0 Å². The highest BCUT2D eigenvalue weighted by molar-refractivity contribution is 6.40. The third kappa shape index (κ3) is 3.35. The van der Waals surface area contributed by atoms with E-state index >= 15 is 0 Å². The summed E-state index contributed by atoms with van der Waals surface area (Å²) in [5.41, 5.74) is 4.11. The number of hydrogen-bond donors (Lipinski definition) is 2. The number of nitrogens with zero attached hydrogens (tertiary/aromatic N) is 3. The van der Waals surface area contributed by atoms with Crippen molar-refractivity contribution < 1.29 is 9.53 Å². The second-order valence-electron chi connectivity index (χ2n) is 6.98. The number of para-hydroxylation sites is 1. The summed E-state index contributed by atoms with van der Waals surface area (Å²) >= 11 is 12.5. The third-order valence-electron chi connectivity index (χ3n) is 5.15. The summed E-state index contributed by atoms with van der Waals surface area (Å²) in [4.78, 5) is 23.1. The van der Waals surface area contributed by atoms with Crippen LogP contribution in [0.3, 0.4) is 0 Å². The number of aromatic nitrogens is 2. The predicted octanol–water partition coefficient (Wildman–Crippen LogP) is 4.17. The van der Waals surface area contributed by atoms with Crippen molar-refractivity contribution in [1.82, 2.24) is 15.3 Å². The Balaban J connectivity index is 1.43. The van der Waals surface area contributed by atoms with E-state index in [0.29, 0.717) is 21.7 Å². The average Bonchev–Trinajstić information content (AvgIpc) is 2.75. The summed E-state index contributed by atoms with van der Waals surface area (Å²) in [5.74, 6) is 0.280. The van der Waals surface area contributed by atoms with Crippen molar-refractivity contribution in [3.8, 4) is 5.88 Å². The Morgan fingerprint density at radius 1 is 1.13 bits per heavy atom. The van der Waals surface area contributed by atoms with Gasteiger partial charge in [-0.05, 0) is 42.3 Å².